The van der Waals surface area contributed by atoms with Gasteiger partial charge in [-0.15, -0.1) is 11.8 Å². The van der Waals surface area contributed by atoms with E-state index in [2.05, 4.69) is 5.32 Å². The molecule has 0 saturated heterocycles. The van der Waals surface area contributed by atoms with Crippen LogP contribution in [0.25, 0.3) is 0 Å². The van der Waals surface area contributed by atoms with Crippen molar-refractivity contribution in [1.29, 1.82) is 0 Å². The van der Waals surface area contributed by atoms with E-state index in [0.717, 1.165) is 5.75 Å². The molecule has 7 heteroatoms. The SMILES string of the molecule is CC(=O)CSc1ccccc1C(=O)OCC(=O)NCCOc1ccccc1. The number of hydrogen-bond donors (Lipinski definition) is 1. The van der Waals surface area contributed by atoms with Gasteiger partial charge in [-0.25, -0.2) is 4.79 Å². The maximum Gasteiger partial charge on any atom is 0.339 e. The van der Waals surface area contributed by atoms with Gasteiger partial charge >= 0.3 is 5.97 Å². The highest BCUT2D eigenvalue weighted by molar-refractivity contribution is 8.00. The van der Waals surface area contributed by atoms with Gasteiger partial charge in [-0.3, -0.25) is 9.59 Å². The first-order valence-corrected chi connectivity index (χ1v) is 9.38. The van der Waals surface area contributed by atoms with Crippen molar-refractivity contribution in [2.75, 3.05) is 25.5 Å². The van der Waals surface area contributed by atoms with Gasteiger partial charge in [0.25, 0.3) is 5.91 Å². The Bertz CT molecular complexity index is 779. The molecule has 1 N–H and O–H groups in total. The van der Waals surface area contributed by atoms with Gasteiger partial charge in [0.2, 0.25) is 0 Å². The molecule has 2 aromatic carbocycles. The Morgan fingerprint density at radius 2 is 1.70 bits per heavy atom. The number of esters is 1. The van der Waals surface area contributed by atoms with Crippen molar-refractivity contribution in [3.05, 3.63) is 60.2 Å². The molecule has 1 amide bonds. The zero-order valence-electron chi connectivity index (χ0n) is 15.0. The summed E-state index contributed by atoms with van der Waals surface area (Å²) in [6, 6.07) is 16.1. The lowest BCUT2D eigenvalue weighted by Gasteiger charge is -2.10. The second-order valence-electron chi connectivity index (χ2n) is 5.57. The topological polar surface area (TPSA) is 81.7 Å². The molecule has 27 heavy (non-hydrogen) atoms. The Balaban J connectivity index is 1.73. The Hall–Kier alpha value is -2.80. The van der Waals surface area contributed by atoms with Gasteiger partial charge in [-0.05, 0) is 31.2 Å². The van der Waals surface area contributed by atoms with Crippen molar-refractivity contribution in [3.63, 3.8) is 0 Å². The fourth-order valence-corrected chi connectivity index (χ4v) is 2.92. The summed E-state index contributed by atoms with van der Waals surface area (Å²) in [6.07, 6.45) is 0. The summed E-state index contributed by atoms with van der Waals surface area (Å²) in [7, 11) is 0. The number of nitrogens with one attached hydrogen (secondary N) is 1. The minimum absolute atomic E-state index is 0.0141. The van der Waals surface area contributed by atoms with E-state index < -0.39 is 11.9 Å². The first-order chi connectivity index (χ1) is 13.1. The van der Waals surface area contributed by atoms with E-state index in [0.29, 0.717) is 23.6 Å². The largest absolute Gasteiger partial charge is 0.492 e. The maximum atomic E-state index is 12.2. The van der Waals surface area contributed by atoms with E-state index in [4.69, 9.17) is 9.47 Å². The molecule has 0 bridgehead atoms. The van der Waals surface area contributed by atoms with Crippen LogP contribution in [0.1, 0.15) is 17.3 Å². The molecule has 0 aliphatic heterocycles. The Morgan fingerprint density at radius 1 is 1.00 bits per heavy atom. The molecule has 2 aromatic rings. The number of rotatable bonds is 10. The van der Waals surface area contributed by atoms with Gasteiger partial charge in [0.15, 0.2) is 6.61 Å². The predicted molar refractivity (Wildman–Crippen MR) is 103 cm³/mol. The minimum atomic E-state index is -0.600. The molecule has 0 atom stereocenters. The Labute approximate surface area is 162 Å². The third kappa shape index (κ3) is 7.53. The molecule has 0 aromatic heterocycles. The molecular formula is C20H21NO5S. The van der Waals surface area contributed by atoms with Crippen LogP contribution in [0.5, 0.6) is 5.75 Å². The number of ketones is 1. The highest BCUT2D eigenvalue weighted by Gasteiger charge is 2.14. The van der Waals surface area contributed by atoms with Gasteiger partial charge in [-0.1, -0.05) is 30.3 Å². The van der Waals surface area contributed by atoms with Crippen molar-refractivity contribution >= 4 is 29.4 Å². The number of para-hydroxylation sites is 1. The summed E-state index contributed by atoms with van der Waals surface area (Å²) in [5.41, 5.74) is 0.337. The fourth-order valence-electron chi connectivity index (χ4n) is 2.08. The van der Waals surface area contributed by atoms with Crippen LogP contribution >= 0.6 is 11.8 Å². The number of carbonyl (C=O) groups is 3. The number of ether oxygens (including phenoxy) is 2. The fraction of sp³-hybridized carbons (Fsp3) is 0.250. The third-order valence-corrected chi connectivity index (χ3v) is 4.53. The Kier molecular flexibility index (Phi) is 8.38. The van der Waals surface area contributed by atoms with Crippen molar-refractivity contribution in [3.8, 4) is 5.75 Å². The predicted octanol–water partition coefficient (Wildman–Crippen LogP) is 2.72. The average molecular weight is 387 g/mol. The second kappa shape index (κ2) is 11.0. The van der Waals surface area contributed by atoms with E-state index in [9.17, 15) is 14.4 Å². The number of thioether (sulfide) groups is 1. The van der Waals surface area contributed by atoms with E-state index in [1.165, 1.54) is 18.7 Å². The first-order valence-electron chi connectivity index (χ1n) is 8.39. The summed E-state index contributed by atoms with van der Waals surface area (Å²) in [5, 5.41) is 2.62. The van der Waals surface area contributed by atoms with Crippen molar-refractivity contribution in [1.82, 2.24) is 5.32 Å². The molecule has 0 radical (unpaired) electrons. The molecule has 142 valence electrons. The van der Waals surface area contributed by atoms with Crippen LogP contribution in [0.4, 0.5) is 0 Å². The maximum absolute atomic E-state index is 12.2. The smallest absolute Gasteiger partial charge is 0.339 e. The lowest BCUT2D eigenvalue weighted by atomic mass is 10.2. The van der Waals surface area contributed by atoms with Crippen LogP contribution in [0, 0.1) is 0 Å². The number of hydrogen-bond acceptors (Lipinski definition) is 6. The zero-order valence-corrected chi connectivity index (χ0v) is 15.8. The molecule has 0 aliphatic rings. The molecular weight excluding hydrogens is 366 g/mol. The quantitative estimate of drug-likeness (QED) is 0.384. The van der Waals surface area contributed by atoms with Crippen LogP contribution < -0.4 is 10.1 Å². The van der Waals surface area contributed by atoms with Gasteiger partial charge in [0, 0.05) is 4.90 Å². The van der Waals surface area contributed by atoms with Gasteiger partial charge in [0.1, 0.15) is 18.1 Å². The number of amides is 1. The van der Waals surface area contributed by atoms with Crippen molar-refractivity contribution in [2.45, 2.75) is 11.8 Å². The van der Waals surface area contributed by atoms with Gasteiger partial charge < -0.3 is 14.8 Å². The lowest BCUT2D eigenvalue weighted by molar-refractivity contribution is -0.124. The van der Waals surface area contributed by atoms with Crippen LogP contribution in [-0.2, 0) is 14.3 Å². The molecule has 0 aliphatic carbocycles. The number of benzene rings is 2. The lowest BCUT2D eigenvalue weighted by Crippen LogP contribution is -2.32. The summed E-state index contributed by atoms with van der Waals surface area (Å²) >= 11 is 1.27. The van der Waals surface area contributed by atoms with E-state index >= 15 is 0 Å². The minimum Gasteiger partial charge on any atom is -0.492 e. The normalized spacial score (nSPS) is 10.1. The molecule has 0 saturated carbocycles. The molecule has 6 nitrogen and oxygen atoms in total. The van der Waals surface area contributed by atoms with Crippen molar-refractivity contribution in [2.24, 2.45) is 0 Å². The summed E-state index contributed by atoms with van der Waals surface area (Å²) < 4.78 is 10.5. The van der Waals surface area contributed by atoms with Crippen LogP contribution in [0.3, 0.4) is 0 Å². The summed E-state index contributed by atoms with van der Waals surface area (Å²) in [4.78, 5) is 35.8. The van der Waals surface area contributed by atoms with Crippen LogP contribution in [0.2, 0.25) is 0 Å². The van der Waals surface area contributed by atoms with Gasteiger partial charge in [0.05, 0.1) is 17.9 Å². The molecule has 0 spiro atoms. The van der Waals surface area contributed by atoms with E-state index in [1.54, 1.807) is 24.3 Å². The van der Waals surface area contributed by atoms with Crippen molar-refractivity contribution < 1.29 is 23.9 Å². The van der Waals surface area contributed by atoms with Crippen LogP contribution in [0.15, 0.2) is 59.5 Å². The van der Waals surface area contributed by atoms with Crippen LogP contribution in [-0.4, -0.2) is 43.2 Å². The standard InChI is InChI=1S/C20H21NO5S/c1-15(22)14-27-18-10-6-5-9-17(18)20(24)26-13-19(23)21-11-12-25-16-7-3-2-4-8-16/h2-10H,11-14H2,1H3,(H,21,23). The monoisotopic (exact) mass is 387 g/mol. The zero-order chi connectivity index (χ0) is 19.5. The summed E-state index contributed by atoms with van der Waals surface area (Å²) in [6.45, 7) is 1.72. The average Bonchev–Trinajstić information content (AvgIpc) is 2.69. The highest BCUT2D eigenvalue weighted by atomic mass is 32.2. The highest BCUT2D eigenvalue weighted by Crippen LogP contribution is 2.23. The Morgan fingerprint density at radius 3 is 2.44 bits per heavy atom. The number of Topliss-reactive ketones (excluding diaryl/α,β-unsaturated/α-hetero) is 1. The summed E-state index contributed by atoms with van der Waals surface area (Å²) in [5.74, 6) is -0.00373. The van der Waals surface area contributed by atoms with E-state index in [1.807, 2.05) is 30.3 Å². The van der Waals surface area contributed by atoms with Gasteiger partial charge in [-0.2, -0.15) is 0 Å². The second-order valence-corrected chi connectivity index (χ2v) is 6.59. The molecule has 0 heterocycles. The first kappa shape index (κ1) is 20.5. The third-order valence-electron chi connectivity index (χ3n) is 3.31. The molecule has 0 unspecified atom stereocenters. The molecule has 0 fully saturated rings. The van der Waals surface area contributed by atoms with E-state index in [-0.39, 0.29) is 18.1 Å². The molecule has 2 rings (SSSR count). The number of carbonyl (C=O) groups excluding carboxylic acids is 3.